The molecule has 9 aromatic carbocycles. The molecular weight excluding hydrogens is 763 g/mol. The SMILES string of the molecule is Cc1cccc(-c2cc(-c3cccc(-c4cccc(-n5c6ccccc6c6ccccc65)c4)c3)nc(-c3cccc(-c4cccc(-n5c6ccccc6c6ccccc65)c4)c3)c2)c1. The van der Waals surface area contributed by atoms with Gasteiger partial charge in [-0.25, -0.2) is 4.98 Å². The molecule has 12 aromatic rings. The van der Waals surface area contributed by atoms with Gasteiger partial charge in [0.2, 0.25) is 0 Å². The highest BCUT2D eigenvalue weighted by Gasteiger charge is 2.16. The molecule has 63 heavy (non-hydrogen) atoms. The number of aromatic nitrogens is 3. The maximum atomic E-state index is 5.44. The minimum absolute atomic E-state index is 0.933. The maximum absolute atomic E-state index is 5.44. The Kier molecular flexibility index (Phi) is 8.72. The first-order valence-corrected chi connectivity index (χ1v) is 21.6. The lowest BCUT2D eigenvalue weighted by Gasteiger charge is -2.14. The monoisotopic (exact) mass is 803 g/mol. The number of hydrogen-bond donors (Lipinski definition) is 0. The Bertz CT molecular complexity index is 3390. The fourth-order valence-corrected chi connectivity index (χ4v) is 9.58. The van der Waals surface area contributed by atoms with Crippen molar-refractivity contribution >= 4 is 43.6 Å². The number of benzene rings is 9. The van der Waals surface area contributed by atoms with Crippen LogP contribution in [0, 0.1) is 6.92 Å². The Morgan fingerprint density at radius 2 is 0.603 bits per heavy atom. The molecule has 0 fully saturated rings. The highest BCUT2D eigenvalue weighted by atomic mass is 15.0. The topological polar surface area (TPSA) is 22.8 Å². The zero-order valence-corrected chi connectivity index (χ0v) is 34.8. The van der Waals surface area contributed by atoms with Crippen LogP contribution in [0.25, 0.3) is 111 Å². The first-order valence-electron chi connectivity index (χ1n) is 21.6. The molecule has 0 aliphatic heterocycles. The van der Waals surface area contributed by atoms with Crippen molar-refractivity contribution in [3.05, 3.63) is 236 Å². The Morgan fingerprint density at radius 1 is 0.270 bits per heavy atom. The van der Waals surface area contributed by atoms with Crippen molar-refractivity contribution < 1.29 is 0 Å². The summed E-state index contributed by atoms with van der Waals surface area (Å²) in [6, 6.07) is 83.4. The van der Waals surface area contributed by atoms with Gasteiger partial charge in [-0.1, -0.05) is 163 Å². The number of para-hydroxylation sites is 4. The standard InChI is InChI=1S/C60H41N3/c1-40-15-10-16-41(33-40)48-38-55(46-21-11-17-42(34-46)44-19-13-23-49(36-44)62-57-29-6-2-25-51(57)52-26-3-7-30-58(52)62)61-56(39-48)47-22-12-18-43(35-47)45-20-14-24-50(37-45)63-59-31-8-4-27-53(59)54-28-5-9-32-60(54)63/h2-39H,1H3. The van der Waals surface area contributed by atoms with Crippen LogP contribution in [0.2, 0.25) is 0 Å². The third-order valence-electron chi connectivity index (χ3n) is 12.5. The Morgan fingerprint density at radius 3 is 1.02 bits per heavy atom. The molecule has 0 aliphatic rings. The quantitative estimate of drug-likeness (QED) is 0.157. The van der Waals surface area contributed by atoms with Gasteiger partial charge in [-0.3, -0.25) is 0 Å². The van der Waals surface area contributed by atoms with Crippen molar-refractivity contribution in [2.24, 2.45) is 0 Å². The van der Waals surface area contributed by atoms with Crippen LogP contribution in [0.15, 0.2) is 231 Å². The predicted octanol–water partition coefficient (Wildman–Crippen LogP) is 15.9. The molecule has 0 radical (unpaired) electrons. The summed E-state index contributed by atoms with van der Waals surface area (Å²) in [5, 5.41) is 5.03. The number of fused-ring (bicyclic) bond motifs is 6. The minimum Gasteiger partial charge on any atom is -0.309 e. The van der Waals surface area contributed by atoms with Gasteiger partial charge in [-0.15, -0.1) is 0 Å². The van der Waals surface area contributed by atoms with Gasteiger partial charge in [0, 0.05) is 44.0 Å². The summed E-state index contributed by atoms with van der Waals surface area (Å²) in [6.45, 7) is 2.15. The fourth-order valence-electron chi connectivity index (χ4n) is 9.58. The van der Waals surface area contributed by atoms with Gasteiger partial charge in [0.15, 0.2) is 0 Å². The van der Waals surface area contributed by atoms with Gasteiger partial charge >= 0.3 is 0 Å². The molecule has 0 saturated heterocycles. The first kappa shape index (κ1) is 36.6. The zero-order chi connectivity index (χ0) is 41.9. The third-order valence-corrected chi connectivity index (χ3v) is 12.5. The molecule has 3 heterocycles. The number of hydrogen-bond acceptors (Lipinski definition) is 1. The second kappa shape index (κ2) is 15.0. The summed E-state index contributed by atoms with van der Waals surface area (Å²) < 4.78 is 4.76. The molecular formula is C60H41N3. The van der Waals surface area contributed by atoms with Crippen molar-refractivity contribution in [1.29, 1.82) is 0 Å². The van der Waals surface area contributed by atoms with E-state index in [1.807, 2.05) is 0 Å². The number of nitrogens with zero attached hydrogens (tertiary/aromatic N) is 3. The van der Waals surface area contributed by atoms with Gasteiger partial charge in [0.05, 0.1) is 33.5 Å². The van der Waals surface area contributed by atoms with Crippen molar-refractivity contribution in [2.45, 2.75) is 6.92 Å². The van der Waals surface area contributed by atoms with Gasteiger partial charge in [-0.2, -0.15) is 0 Å². The minimum atomic E-state index is 0.933. The van der Waals surface area contributed by atoms with Crippen LogP contribution in [0.1, 0.15) is 5.56 Å². The number of rotatable bonds is 7. The molecule has 0 spiro atoms. The third kappa shape index (κ3) is 6.41. The largest absolute Gasteiger partial charge is 0.309 e. The molecule has 12 rings (SSSR count). The normalized spacial score (nSPS) is 11.6. The van der Waals surface area contributed by atoms with E-state index in [2.05, 4.69) is 247 Å². The molecule has 0 atom stereocenters. The van der Waals surface area contributed by atoms with E-state index in [0.29, 0.717) is 0 Å². The summed E-state index contributed by atoms with van der Waals surface area (Å²) in [5.41, 5.74) is 19.2. The van der Waals surface area contributed by atoms with E-state index in [1.165, 1.54) is 54.7 Å². The summed E-state index contributed by atoms with van der Waals surface area (Å²) in [4.78, 5) is 5.44. The van der Waals surface area contributed by atoms with E-state index in [9.17, 15) is 0 Å². The second-order valence-electron chi connectivity index (χ2n) is 16.5. The molecule has 0 amide bonds. The maximum Gasteiger partial charge on any atom is 0.0715 e. The Hall–Kier alpha value is -8.27. The van der Waals surface area contributed by atoms with Crippen molar-refractivity contribution in [3.63, 3.8) is 0 Å². The van der Waals surface area contributed by atoms with Crippen LogP contribution in [-0.2, 0) is 0 Å². The Balaban J connectivity index is 0.950. The number of aryl methyl sites for hydroxylation is 1. The van der Waals surface area contributed by atoms with Crippen LogP contribution in [0.4, 0.5) is 0 Å². The molecule has 3 nitrogen and oxygen atoms in total. The van der Waals surface area contributed by atoms with E-state index in [1.54, 1.807) is 0 Å². The van der Waals surface area contributed by atoms with Crippen LogP contribution < -0.4 is 0 Å². The lowest BCUT2D eigenvalue weighted by molar-refractivity contribution is 1.18. The lowest BCUT2D eigenvalue weighted by atomic mass is 9.96. The number of pyridine rings is 1. The van der Waals surface area contributed by atoms with E-state index in [-0.39, 0.29) is 0 Å². The Labute approximate surface area is 366 Å². The molecule has 0 saturated carbocycles. The molecule has 3 aromatic heterocycles. The van der Waals surface area contributed by atoms with E-state index >= 15 is 0 Å². The molecule has 3 heteroatoms. The van der Waals surface area contributed by atoms with E-state index in [4.69, 9.17) is 4.98 Å². The van der Waals surface area contributed by atoms with Gasteiger partial charge in [0.25, 0.3) is 0 Å². The molecule has 296 valence electrons. The molecule has 0 unspecified atom stereocenters. The van der Waals surface area contributed by atoms with Crippen LogP contribution in [0.5, 0.6) is 0 Å². The average molecular weight is 804 g/mol. The van der Waals surface area contributed by atoms with Gasteiger partial charge < -0.3 is 9.13 Å². The molecule has 0 aliphatic carbocycles. The zero-order valence-electron chi connectivity index (χ0n) is 34.8. The smallest absolute Gasteiger partial charge is 0.0715 e. The lowest BCUT2D eigenvalue weighted by Crippen LogP contribution is -1.95. The highest BCUT2D eigenvalue weighted by molar-refractivity contribution is 6.10. The van der Waals surface area contributed by atoms with E-state index < -0.39 is 0 Å². The predicted molar refractivity (Wildman–Crippen MR) is 265 cm³/mol. The average Bonchev–Trinajstić information content (AvgIpc) is 3.87. The van der Waals surface area contributed by atoms with Gasteiger partial charge in [0.1, 0.15) is 0 Å². The van der Waals surface area contributed by atoms with Crippen LogP contribution in [-0.4, -0.2) is 14.1 Å². The molecule has 0 N–H and O–H groups in total. The van der Waals surface area contributed by atoms with Crippen molar-refractivity contribution in [3.8, 4) is 67.3 Å². The summed E-state index contributed by atoms with van der Waals surface area (Å²) in [5.74, 6) is 0. The summed E-state index contributed by atoms with van der Waals surface area (Å²) in [6.07, 6.45) is 0. The van der Waals surface area contributed by atoms with Crippen LogP contribution >= 0.6 is 0 Å². The summed E-state index contributed by atoms with van der Waals surface area (Å²) in [7, 11) is 0. The van der Waals surface area contributed by atoms with Crippen LogP contribution in [0.3, 0.4) is 0 Å². The second-order valence-corrected chi connectivity index (χ2v) is 16.5. The van der Waals surface area contributed by atoms with Crippen molar-refractivity contribution in [2.75, 3.05) is 0 Å². The van der Waals surface area contributed by atoms with Gasteiger partial charge in [-0.05, 0) is 113 Å². The van der Waals surface area contributed by atoms with E-state index in [0.717, 1.165) is 61.7 Å². The molecule has 0 bridgehead atoms. The highest BCUT2D eigenvalue weighted by Crippen LogP contribution is 2.38. The first-order chi connectivity index (χ1) is 31.1. The summed E-state index contributed by atoms with van der Waals surface area (Å²) >= 11 is 0. The fraction of sp³-hybridized carbons (Fsp3) is 0.0167. The van der Waals surface area contributed by atoms with Crippen molar-refractivity contribution in [1.82, 2.24) is 14.1 Å².